The molecule has 0 radical (unpaired) electrons. The van der Waals surface area contributed by atoms with Crippen LogP contribution in [0.15, 0.2) is 11.0 Å². The molecule has 4 bridgehead atoms. The Labute approximate surface area is 176 Å². The molecule has 1 aromatic rings. The molecule has 1 saturated heterocycles. The van der Waals surface area contributed by atoms with E-state index in [0.29, 0.717) is 29.4 Å². The number of carboxylic acid groups (broad SMARTS) is 1. The Morgan fingerprint density at radius 3 is 2.34 bits per heavy atom. The van der Waals surface area contributed by atoms with E-state index >= 15 is 0 Å². The van der Waals surface area contributed by atoms with Gasteiger partial charge in [0, 0.05) is 13.1 Å². The predicted octanol–water partition coefficient (Wildman–Crippen LogP) is 3.62. The number of halogens is 1. The van der Waals surface area contributed by atoms with Gasteiger partial charge in [0.1, 0.15) is 5.02 Å². The molecule has 5 aliphatic rings. The van der Waals surface area contributed by atoms with Crippen molar-refractivity contribution in [1.29, 1.82) is 0 Å². The summed E-state index contributed by atoms with van der Waals surface area (Å²) < 4.78 is 1.49. The van der Waals surface area contributed by atoms with Crippen LogP contribution in [0.1, 0.15) is 52.4 Å². The fourth-order valence-electron chi connectivity index (χ4n) is 7.56. The standard InChI is InChI=1S/C22H30ClN3O3/c1-12-3-13(2)11-25(10-12)17-9-24-26(20(27)19(17)23)22-7-14-4-15(8-22)6-16(5-14)18(22)21(28)29/h9,12-16,18H,3-8,10-11H2,1-2H3,(H,28,29)/t12-,13-,14+,15+,16?,18-,22?/m1/s1. The number of anilines is 1. The highest BCUT2D eigenvalue weighted by Gasteiger charge is 2.61. The van der Waals surface area contributed by atoms with Crippen molar-refractivity contribution in [1.82, 2.24) is 9.78 Å². The first kappa shape index (κ1) is 19.4. The van der Waals surface area contributed by atoms with Crippen molar-refractivity contribution in [3.05, 3.63) is 21.6 Å². The first-order valence-corrected chi connectivity index (χ1v) is 11.4. The topological polar surface area (TPSA) is 75.4 Å². The zero-order chi connectivity index (χ0) is 20.5. The fourth-order valence-corrected chi connectivity index (χ4v) is 7.80. The van der Waals surface area contributed by atoms with E-state index in [2.05, 4.69) is 23.8 Å². The molecule has 1 aromatic heterocycles. The minimum absolute atomic E-state index is 0.148. The summed E-state index contributed by atoms with van der Waals surface area (Å²) in [6, 6.07) is 0. The maximum atomic E-state index is 13.4. The van der Waals surface area contributed by atoms with E-state index in [-0.39, 0.29) is 16.5 Å². The van der Waals surface area contributed by atoms with Gasteiger partial charge in [0.15, 0.2) is 0 Å². The zero-order valence-electron chi connectivity index (χ0n) is 17.2. The van der Waals surface area contributed by atoms with Crippen LogP contribution in [0.2, 0.25) is 5.02 Å². The van der Waals surface area contributed by atoms with Crippen molar-refractivity contribution in [3.63, 3.8) is 0 Å². The summed E-state index contributed by atoms with van der Waals surface area (Å²) in [6.07, 6.45) is 7.46. The second kappa shape index (κ2) is 6.73. The molecule has 6 nitrogen and oxygen atoms in total. The first-order valence-electron chi connectivity index (χ1n) is 11.0. The smallest absolute Gasteiger partial charge is 0.309 e. The molecule has 29 heavy (non-hydrogen) atoms. The summed E-state index contributed by atoms with van der Waals surface area (Å²) in [4.78, 5) is 27.9. The lowest BCUT2D eigenvalue weighted by atomic mass is 9.48. The minimum Gasteiger partial charge on any atom is -0.481 e. The van der Waals surface area contributed by atoms with Gasteiger partial charge < -0.3 is 10.0 Å². The average molecular weight is 420 g/mol. The van der Waals surface area contributed by atoms with Crippen LogP contribution in [0, 0.1) is 35.5 Å². The summed E-state index contributed by atoms with van der Waals surface area (Å²) >= 11 is 6.63. The first-order chi connectivity index (χ1) is 13.8. The number of nitrogens with zero attached hydrogens (tertiary/aromatic N) is 3. The van der Waals surface area contributed by atoms with Gasteiger partial charge in [0.25, 0.3) is 5.56 Å². The Morgan fingerprint density at radius 2 is 1.76 bits per heavy atom. The Balaban J connectivity index is 1.57. The number of aromatic nitrogens is 2. The van der Waals surface area contributed by atoms with Gasteiger partial charge in [-0.05, 0) is 68.1 Å². The van der Waals surface area contributed by atoms with Crippen LogP contribution >= 0.6 is 11.6 Å². The lowest BCUT2D eigenvalue weighted by Gasteiger charge is -2.59. The zero-order valence-corrected chi connectivity index (χ0v) is 17.9. The van der Waals surface area contributed by atoms with E-state index in [4.69, 9.17) is 11.6 Å². The third-order valence-corrected chi connectivity index (χ3v) is 8.43. The molecule has 5 atom stereocenters. The second-order valence-electron chi connectivity index (χ2n) is 10.4. The van der Waals surface area contributed by atoms with Crippen molar-refractivity contribution in [2.24, 2.45) is 35.5 Å². The Kier molecular flexibility index (Phi) is 4.50. The number of aliphatic carboxylic acids is 1. The molecule has 1 N–H and O–H groups in total. The normalized spacial score (nSPS) is 41.0. The van der Waals surface area contributed by atoms with E-state index in [9.17, 15) is 14.7 Å². The van der Waals surface area contributed by atoms with E-state index in [1.54, 1.807) is 6.20 Å². The van der Waals surface area contributed by atoms with Crippen molar-refractivity contribution < 1.29 is 9.90 Å². The molecular formula is C22H30ClN3O3. The molecule has 2 heterocycles. The summed E-state index contributed by atoms with van der Waals surface area (Å²) in [5.74, 6) is 0.889. The highest BCUT2D eigenvalue weighted by atomic mass is 35.5. The molecule has 158 valence electrons. The molecule has 4 aliphatic carbocycles. The fraction of sp³-hybridized carbons (Fsp3) is 0.773. The molecule has 5 fully saturated rings. The van der Waals surface area contributed by atoms with Crippen LogP contribution in [0.5, 0.6) is 0 Å². The third-order valence-electron chi connectivity index (χ3n) is 8.07. The van der Waals surface area contributed by atoms with Gasteiger partial charge in [-0.1, -0.05) is 25.4 Å². The van der Waals surface area contributed by atoms with Crippen LogP contribution < -0.4 is 10.5 Å². The van der Waals surface area contributed by atoms with E-state index < -0.39 is 17.4 Å². The van der Waals surface area contributed by atoms with Crippen LogP contribution in [-0.2, 0) is 10.3 Å². The summed E-state index contributed by atoms with van der Waals surface area (Å²) in [6.45, 7) is 6.17. The lowest BCUT2D eigenvalue weighted by Crippen LogP contribution is -2.63. The molecule has 0 unspecified atom stereocenters. The maximum absolute atomic E-state index is 13.4. The van der Waals surface area contributed by atoms with Gasteiger partial charge in [-0.25, -0.2) is 4.68 Å². The minimum atomic E-state index is -0.790. The van der Waals surface area contributed by atoms with Gasteiger partial charge in [-0.15, -0.1) is 0 Å². The molecule has 6 rings (SSSR count). The summed E-state index contributed by atoms with van der Waals surface area (Å²) in [7, 11) is 0. The second-order valence-corrected chi connectivity index (χ2v) is 10.8. The van der Waals surface area contributed by atoms with Crippen molar-refractivity contribution in [3.8, 4) is 0 Å². The van der Waals surface area contributed by atoms with Crippen molar-refractivity contribution in [2.75, 3.05) is 18.0 Å². The monoisotopic (exact) mass is 419 g/mol. The molecule has 1 aliphatic heterocycles. The van der Waals surface area contributed by atoms with Crippen LogP contribution in [-0.4, -0.2) is 33.9 Å². The highest BCUT2D eigenvalue weighted by molar-refractivity contribution is 6.33. The van der Waals surface area contributed by atoms with Crippen LogP contribution in [0.3, 0.4) is 0 Å². The van der Waals surface area contributed by atoms with E-state index in [1.165, 1.54) is 11.1 Å². The van der Waals surface area contributed by atoms with Gasteiger partial charge in [0.2, 0.25) is 0 Å². The molecular weight excluding hydrogens is 390 g/mol. The predicted molar refractivity (Wildman–Crippen MR) is 111 cm³/mol. The molecule has 0 spiro atoms. The number of hydrogen-bond donors (Lipinski definition) is 1. The number of carboxylic acids is 1. The van der Waals surface area contributed by atoms with Gasteiger partial charge in [-0.3, -0.25) is 9.59 Å². The van der Waals surface area contributed by atoms with E-state index in [0.717, 1.165) is 45.2 Å². The SMILES string of the molecule is C[C@@H]1C[C@@H](C)CN(c2cnn(C34C[C@@H]5CC(C[C@H](C5)C3)[C@@H]4C(=O)O)c(=O)c2Cl)C1. The number of hydrogen-bond acceptors (Lipinski definition) is 4. The Morgan fingerprint density at radius 1 is 1.14 bits per heavy atom. The number of carbonyl (C=O) groups is 1. The largest absolute Gasteiger partial charge is 0.481 e. The Bertz CT molecular complexity index is 876. The van der Waals surface area contributed by atoms with Crippen LogP contribution in [0.25, 0.3) is 0 Å². The van der Waals surface area contributed by atoms with Gasteiger partial charge in [-0.2, -0.15) is 5.10 Å². The van der Waals surface area contributed by atoms with Gasteiger partial charge in [0.05, 0.1) is 23.3 Å². The van der Waals surface area contributed by atoms with Crippen molar-refractivity contribution in [2.45, 2.75) is 57.9 Å². The maximum Gasteiger partial charge on any atom is 0.309 e. The third kappa shape index (κ3) is 2.93. The molecule has 7 heteroatoms. The van der Waals surface area contributed by atoms with E-state index in [1.807, 2.05) is 0 Å². The quantitative estimate of drug-likeness (QED) is 0.809. The number of piperidine rings is 1. The average Bonchev–Trinajstić information content (AvgIpc) is 2.61. The number of rotatable bonds is 3. The lowest BCUT2D eigenvalue weighted by molar-refractivity contribution is -0.168. The molecule has 0 amide bonds. The van der Waals surface area contributed by atoms with Crippen LogP contribution in [0.4, 0.5) is 5.69 Å². The Hall–Kier alpha value is -1.56. The highest BCUT2D eigenvalue weighted by Crippen LogP contribution is 2.61. The molecule has 0 aromatic carbocycles. The van der Waals surface area contributed by atoms with Crippen molar-refractivity contribution >= 4 is 23.3 Å². The van der Waals surface area contributed by atoms with Gasteiger partial charge >= 0.3 is 5.97 Å². The summed E-state index contributed by atoms with van der Waals surface area (Å²) in [5, 5.41) is 14.9. The summed E-state index contributed by atoms with van der Waals surface area (Å²) in [5.41, 5.74) is -0.339. The molecule has 4 saturated carbocycles.